The minimum absolute atomic E-state index is 0.118. The van der Waals surface area contributed by atoms with E-state index in [0.717, 1.165) is 12.0 Å². The number of anilines is 1. The van der Waals surface area contributed by atoms with Gasteiger partial charge in [0.1, 0.15) is 12.2 Å². The maximum Gasteiger partial charge on any atom is 0.292 e. The number of nitrogens with one attached hydrogen (secondary N) is 1. The molecule has 7 heteroatoms. The fraction of sp³-hybridized carbons (Fsp3) is 0.308. The van der Waals surface area contributed by atoms with Crippen molar-refractivity contribution in [1.29, 1.82) is 0 Å². The third-order valence-corrected chi connectivity index (χ3v) is 3.00. The van der Waals surface area contributed by atoms with Crippen molar-refractivity contribution in [3.05, 3.63) is 39.5 Å². The topological polar surface area (TPSA) is 64.7 Å². The second-order valence-corrected chi connectivity index (χ2v) is 4.64. The normalized spacial score (nSPS) is 10.2. The van der Waals surface area contributed by atoms with Crippen molar-refractivity contribution in [1.82, 2.24) is 19.6 Å². The Hall–Kier alpha value is -2.26. The van der Waals surface area contributed by atoms with E-state index in [0.29, 0.717) is 12.2 Å². The van der Waals surface area contributed by atoms with Gasteiger partial charge in [-0.25, -0.2) is 4.68 Å². The number of hydrogen-bond acceptors (Lipinski definition) is 4. The fourth-order valence-corrected chi connectivity index (χ4v) is 1.95. The smallest absolute Gasteiger partial charge is 0.292 e. The van der Waals surface area contributed by atoms with Crippen molar-refractivity contribution in [2.24, 2.45) is 7.05 Å². The number of terminal acetylenes is 1. The summed E-state index contributed by atoms with van der Waals surface area (Å²) in [6, 6.07) is 0. The molecule has 2 aromatic rings. The molecule has 0 aliphatic carbocycles. The van der Waals surface area contributed by atoms with Crippen molar-refractivity contribution in [3.63, 3.8) is 0 Å². The van der Waals surface area contributed by atoms with Gasteiger partial charge in [0.25, 0.3) is 5.56 Å². The quantitative estimate of drug-likeness (QED) is 0.832. The largest absolute Gasteiger partial charge is 0.379 e. The minimum atomic E-state index is -0.318. The first kappa shape index (κ1) is 14.2. The van der Waals surface area contributed by atoms with E-state index in [2.05, 4.69) is 21.4 Å². The zero-order chi connectivity index (χ0) is 14.5. The Kier molecular flexibility index (Phi) is 4.43. The third-order valence-electron chi connectivity index (χ3n) is 2.71. The lowest BCUT2D eigenvalue weighted by molar-refractivity contribution is 0.664. The lowest BCUT2D eigenvalue weighted by Crippen LogP contribution is -2.26. The van der Waals surface area contributed by atoms with Crippen LogP contribution >= 0.6 is 11.6 Å². The van der Waals surface area contributed by atoms with E-state index in [1.807, 2.05) is 13.2 Å². The SMILES string of the molecule is C#CCn1ncc(Cl)c(NCCc2cnn(C)c2)c1=O. The molecule has 0 spiro atoms. The van der Waals surface area contributed by atoms with Gasteiger partial charge in [-0.15, -0.1) is 6.42 Å². The fourth-order valence-electron chi connectivity index (χ4n) is 1.76. The summed E-state index contributed by atoms with van der Waals surface area (Å²) in [5.74, 6) is 2.37. The van der Waals surface area contributed by atoms with Gasteiger partial charge in [-0.05, 0) is 12.0 Å². The van der Waals surface area contributed by atoms with Crippen LogP contribution in [0.5, 0.6) is 0 Å². The predicted molar refractivity (Wildman–Crippen MR) is 77.7 cm³/mol. The van der Waals surface area contributed by atoms with Gasteiger partial charge in [-0.3, -0.25) is 9.48 Å². The number of aryl methyl sites for hydroxylation is 1. The first-order valence-corrected chi connectivity index (χ1v) is 6.40. The van der Waals surface area contributed by atoms with E-state index < -0.39 is 0 Å². The lowest BCUT2D eigenvalue weighted by Gasteiger charge is -2.08. The van der Waals surface area contributed by atoms with Crippen molar-refractivity contribution in [2.45, 2.75) is 13.0 Å². The Morgan fingerprint density at radius 3 is 2.90 bits per heavy atom. The summed E-state index contributed by atoms with van der Waals surface area (Å²) in [6.45, 7) is 0.688. The van der Waals surface area contributed by atoms with Gasteiger partial charge in [0.15, 0.2) is 0 Å². The van der Waals surface area contributed by atoms with Gasteiger partial charge in [0, 0.05) is 19.8 Å². The van der Waals surface area contributed by atoms with Crippen molar-refractivity contribution >= 4 is 17.3 Å². The summed E-state index contributed by atoms with van der Waals surface area (Å²) in [5.41, 5.74) is 1.08. The molecule has 0 bridgehead atoms. The molecule has 0 amide bonds. The molecule has 0 radical (unpaired) electrons. The number of nitrogens with zero attached hydrogens (tertiary/aromatic N) is 4. The Labute approximate surface area is 121 Å². The van der Waals surface area contributed by atoms with Crippen molar-refractivity contribution < 1.29 is 0 Å². The van der Waals surface area contributed by atoms with E-state index in [1.165, 1.54) is 10.9 Å². The second-order valence-electron chi connectivity index (χ2n) is 4.23. The average molecular weight is 292 g/mol. The molecule has 0 atom stereocenters. The lowest BCUT2D eigenvalue weighted by atomic mass is 10.2. The molecular weight excluding hydrogens is 278 g/mol. The molecule has 0 unspecified atom stereocenters. The van der Waals surface area contributed by atoms with E-state index >= 15 is 0 Å². The van der Waals surface area contributed by atoms with Gasteiger partial charge in [0.2, 0.25) is 0 Å². The molecule has 0 fully saturated rings. The van der Waals surface area contributed by atoms with Crippen LogP contribution in [0.2, 0.25) is 5.02 Å². The number of rotatable bonds is 5. The van der Waals surface area contributed by atoms with E-state index in [-0.39, 0.29) is 17.1 Å². The summed E-state index contributed by atoms with van der Waals surface area (Å²) < 4.78 is 2.92. The zero-order valence-electron chi connectivity index (χ0n) is 11.0. The van der Waals surface area contributed by atoms with Gasteiger partial charge >= 0.3 is 0 Å². The van der Waals surface area contributed by atoms with Crippen LogP contribution in [0.15, 0.2) is 23.4 Å². The number of hydrogen-bond donors (Lipinski definition) is 1. The summed E-state index contributed by atoms with van der Waals surface area (Å²) in [5, 5.41) is 11.3. The Morgan fingerprint density at radius 1 is 1.45 bits per heavy atom. The molecule has 1 N–H and O–H groups in total. The molecule has 0 aliphatic rings. The zero-order valence-corrected chi connectivity index (χ0v) is 11.8. The van der Waals surface area contributed by atoms with Crippen LogP contribution in [0.3, 0.4) is 0 Å². The van der Waals surface area contributed by atoms with Gasteiger partial charge in [0.05, 0.1) is 17.4 Å². The molecule has 2 heterocycles. The molecule has 2 rings (SSSR count). The first-order chi connectivity index (χ1) is 9.61. The average Bonchev–Trinajstić information content (AvgIpc) is 2.83. The van der Waals surface area contributed by atoms with Crippen LogP contribution in [0.4, 0.5) is 5.69 Å². The Bertz CT molecular complexity index is 698. The van der Waals surface area contributed by atoms with Crippen LogP contribution in [-0.4, -0.2) is 26.1 Å². The molecular formula is C13H14ClN5O. The summed E-state index contributed by atoms with van der Waals surface area (Å²) in [4.78, 5) is 12.1. The molecule has 6 nitrogen and oxygen atoms in total. The van der Waals surface area contributed by atoms with Crippen LogP contribution in [-0.2, 0) is 20.0 Å². The second kappa shape index (κ2) is 6.26. The highest BCUT2D eigenvalue weighted by Crippen LogP contribution is 2.14. The Balaban J connectivity index is 2.07. The number of halogens is 1. The Morgan fingerprint density at radius 2 is 2.25 bits per heavy atom. The van der Waals surface area contributed by atoms with Crippen LogP contribution in [0.25, 0.3) is 0 Å². The molecule has 20 heavy (non-hydrogen) atoms. The number of aromatic nitrogens is 4. The maximum atomic E-state index is 12.1. The highest BCUT2D eigenvalue weighted by atomic mass is 35.5. The summed E-state index contributed by atoms with van der Waals surface area (Å²) >= 11 is 5.98. The first-order valence-electron chi connectivity index (χ1n) is 6.02. The molecule has 104 valence electrons. The minimum Gasteiger partial charge on any atom is -0.379 e. The van der Waals surface area contributed by atoms with E-state index in [1.54, 1.807) is 10.9 Å². The van der Waals surface area contributed by atoms with Crippen molar-refractivity contribution in [3.8, 4) is 12.3 Å². The van der Waals surface area contributed by atoms with E-state index in [9.17, 15) is 4.79 Å². The van der Waals surface area contributed by atoms with Gasteiger partial charge < -0.3 is 5.32 Å². The van der Waals surface area contributed by atoms with Gasteiger partial charge in [-0.1, -0.05) is 17.5 Å². The molecule has 0 aliphatic heterocycles. The van der Waals surface area contributed by atoms with Crippen molar-refractivity contribution in [2.75, 3.05) is 11.9 Å². The highest BCUT2D eigenvalue weighted by molar-refractivity contribution is 6.32. The van der Waals surface area contributed by atoms with Crippen LogP contribution in [0, 0.1) is 12.3 Å². The van der Waals surface area contributed by atoms with E-state index in [4.69, 9.17) is 18.0 Å². The summed E-state index contributed by atoms with van der Waals surface area (Å²) in [7, 11) is 1.86. The molecule has 0 saturated carbocycles. The monoisotopic (exact) mass is 291 g/mol. The molecule has 0 aromatic carbocycles. The standard InChI is InChI=1S/C13H14ClN5O/c1-3-6-19-13(20)12(11(14)8-17-19)15-5-4-10-7-16-18(2)9-10/h1,7-9,15H,4-6H2,2H3. The van der Waals surface area contributed by atoms with Crippen LogP contribution < -0.4 is 10.9 Å². The highest BCUT2D eigenvalue weighted by Gasteiger charge is 2.09. The molecule has 2 aromatic heterocycles. The maximum absolute atomic E-state index is 12.1. The van der Waals surface area contributed by atoms with Crippen LogP contribution in [0.1, 0.15) is 5.56 Å². The third kappa shape index (κ3) is 3.19. The summed E-state index contributed by atoms with van der Waals surface area (Å²) in [6.07, 6.45) is 11.0. The van der Waals surface area contributed by atoms with Gasteiger partial charge in [-0.2, -0.15) is 10.2 Å². The predicted octanol–water partition coefficient (Wildman–Crippen LogP) is 0.918. The molecule has 0 saturated heterocycles.